The Bertz CT molecular complexity index is 351. The number of fused-ring (bicyclic) bond motifs is 2. The van der Waals surface area contributed by atoms with Gasteiger partial charge in [0, 0.05) is 0 Å². The first kappa shape index (κ1) is 7.96. The summed E-state index contributed by atoms with van der Waals surface area (Å²) in [6.45, 7) is 5.02. The summed E-state index contributed by atoms with van der Waals surface area (Å²) >= 11 is 0. The van der Waals surface area contributed by atoms with Crippen molar-refractivity contribution in [2.75, 3.05) is 0 Å². The molecule has 0 amide bonds. The zero-order valence-electron chi connectivity index (χ0n) is 9.40. The van der Waals surface area contributed by atoms with Gasteiger partial charge in [0.05, 0.1) is 0 Å². The molecule has 0 aliphatic heterocycles. The summed E-state index contributed by atoms with van der Waals surface area (Å²) in [6, 6.07) is 0. The molecule has 4 aliphatic rings. The molecule has 3 fully saturated rings. The number of hydrogen-bond donors (Lipinski definition) is 0. The highest BCUT2D eigenvalue weighted by Gasteiger charge is 2.74. The van der Waals surface area contributed by atoms with Crippen LogP contribution in [0.15, 0.2) is 11.1 Å². The Balaban J connectivity index is 1.88. The van der Waals surface area contributed by atoms with Crippen LogP contribution < -0.4 is 0 Å². The molecule has 1 unspecified atom stereocenters. The molecule has 0 heterocycles. The zero-order valence-corrected chi connectivity index (χ0v) is 9.40. The summed E-state index contributed by atoms with van der Waals surface area (Å²) < 4.78 is 0. The fraction of sp³-hybridized carbons (Fsp3) is 0.857. The van der Waals surface area contributed by atoms with Gasteiger partial charge in [0.1, 0.15) is 0 Å². The van der Waals surface area contributed by atoms with Crippen molar-refractivity contribution in [2.24, 2.45) is 22.7 Å². The molecule has 0 heteroatoms. The van der Waals surface area contributed by atoms with E-state index in [9.17, 15) is 0 Å². The number of rotatable bonds is 0. The minimum atomic E-state index is 0.741. The molecule has 0 bridgehead atoms. The highest BCUT2D eigenvalue weighted by Crippen LogP contribution is 2.82. The van der Waals surface area contributed by atoms with Gasteiger partial charge in [-0.25, -0.2) is 0 Å². The van der Waals surface area contributed by atoms with Crippen LogP contribution >= 0.6 is 0 Å². The SMILES string of the molecule is CC1=C2C[C@@]34C[C@@H]3CC[C@@]4(C)C2CC1. The molecule has 4 aliphatic carbocycles. The molecule has 4 atom stereocenters. The van der Waals surface area contributed by atoms with Gasteiger partial charge in [-0.15, -0.1) is 0 Å². The van der Waals surface area contributed by atoms with Gasteiger partial charge in [-0.1, -0.05) is 18.1 Å². The molecule has 3 saturated carbocycles. The Kier molecular flexibility index (Phi) is 1.13. The largest absolute Gasteiger partial charge is 0.0738 e. The summed E-state index contributed by atoms with van der Waals surface area (Å²) in [5.41, 5.74) is 5.25. The smallest absolute Gasteiger partial charge is 0.0138 e. The molecular weight excluding hydrogens is 168 g/mol. The average Bonchev–Trinajstić information content (AvgIpc) is 2.51. The van der Waals surface area contributed by atoms with Crippen LogP contribution in [-0.2, 0) is 0 Å². The van der Waals surface area contributed by atoms with Crippen molar-refractivity contribution in [1.82, 2.24) is 0 Å². The van der Waals surface area contributed by atoms with E-state index < -0.39 is 0 Å². The zero-order chi connectivity index (χ0) is 9.55. The van der Waals surface area contributed by atoms with Crippen molar-refractivity contribution in [1.29, 1.82) is 0 Å². The number of allylic oxidation sites excluding steroid dienone is 2. The van der Waals surface area contributed by atoms with E-state index in [1.54, 1.807) is 24.8 Å². The van der Waals surface area contributed by atoms with E-state index in [1.165, 1.54) is 19.3 Å². The molecular formula is C14H20. The number of hydrogen-bond acceptors (Lipinski definition) is 0. The van der Waals surface area contributed by atoms with E-state index >= 15 is 0 Å². The standard InChI is InChI=1S/C14H20/c1-9-3-4-12-11(9)8-14-7-10(14)5-6-13(12,14)2/h10,12H,3-8H2,1-2H3/t10-,12?,13-,14-/m0/s1. The predicted molar refractivity (Wildman–Crippen MR) is 57.9 cm³/mol. The Morgan fingerprint density at radius 2 is 2.14 bits per heavy atom. The third kappa shape index (κ3) is 0.594. The Morgan fingerprint density at radius 3 is 2.93 bits per heavy atom. The van der Waals surface area contributed by atoms with Crippen LogP contribution in [0.3, 0.4) is 0 Å². The highest BCUT2D eigenvalue weighted by atomic mass is 14.8. The Labute approximate surface area is 86.8 Å². The normalized spacial score (nSPS) is 58.7. The molecule has 0 nitrogen and oxygen atoms in total. The van der Waals surface area contributed by atoms with Gasteiger partial charge >= 0.3 is 0 Å². The third-order valence-corrected chi connectivity index (χ3v) is 6.43. The van der Waals surface area contributed by atoms with Gasteiger partial charge in [0.15, 0.2) is 0 Å². The lowest BCUT2D eigenvalue weighted by molar-refractivity contribution is 0.158. The van der Waals surface area contributed by atoms with E-state index in [-0.39, 0.29) is 0 Å². The molecule has 14 heavy (non-hydrogen) atoms. The quantitative estimate of drug-likeness (QED) is 0.505. The second kappa shape index (κ2) is 1.99. The van der Waals surface area contributed by atoms with Gasteiger partial charge in [0.2, 0.25) is 0 Å². The van der Waals surface area contributed by atoms with Crippen molar-refractivity contribution in [3.8, 4) is 0 Å². The van der Waals surface area contributed by atoms with E-state index in [4.69, 9.17) is 0 Å². The first-order valence-electron chi connectivity index (χ1n) is 6.36. The Hall–Kier alpha value is -0.260. The van der Waals surface area contributed by atoms with Crippen LogP contribution in [0, 0.1) is 22.7 Å². The van der Waals surface area contributed by atoms with Crippen molar-refractivity contribution in [2.45, 2.75) is 52.4 Å². The predicted octanol–water partition coefficient (Wildman–Crippen LogP) is 3.92. The van der Waals surface area contributed by atoms with Gasteiger partial charge in [0.25, 0.3) is 0 Å². The first-order chi connectivity index (χ1) is 6.67. The van der Waals surface area contributed by atoms with Crippen LogP contribution in [0.1, 0.15) is 52.4 Å². The molecule has 76 valence electrons. The van der Waals surface area contributed by atoms with Crippen LogP contribution in [0.5, 0.6) is 0 Å². The van der Waals surface area contributed by atoms with Crippen molar-refractivity contribution >= 4 is 0 Å². The van der Waals surface area contributed by atoms with E-state index in [0.717, 1.165) is 22.7 Å². The minimum Gasteiger partial charge on any atom is -0.0738 e. The molecule has 4 rings (SSSR count). The molecule has 0 radical (unpaired) electrons. The lowest BCUT2D eigenvalue weighted by Crippen LogP contribution is -2.26. The molecule has 0 N–H and O–H groups in total. The highest BCUT2D eigenvalue weighted by molar-refractivity contribution is 5.38. The molecule has 0 aromatic rings. The summed E-state index contributed by atoms with van der Waals surface area (Å²) in [5.74, 6) is 2.15. The second-order valence-electron chi connectivity index (χ2n) is 6.59. The van der Waals surface area contributed by atoms with Crippen molar-refractivity contribution in [3.63, 3.8) is 0 Å². The van der Waals surface area contributed by atoms with Gasteiger partial charge < -0.3 is 0 Å². The molecule has 0 aromatic heterocycles. The third-order valence-electron chi connectivity index (χ3n) is 6.43. The van der Waals surface area contributed by atoms with Gasteiger partial charge in [-0.3, -0.25) is 0 Å². The van der Waals surface area contributed by atoms with Gasteiger partial charge in [-0.2, -0.15) is 0 Å². The lowest BCUT2D eigenvalue weighted by Gasteiger charge is -2.33. The lowest BCUT2D eigenvalue weighted by atomic mass is 9.71. The average molecular weight is 188 g/mol. The van der Waals surface area contributed by atoms with Crippen LogP contribution in [0.4, 0.5) is 0 Å². The second-order valence-corrected chi connectivity index (χ2v) is 6.59. The van der Waals surface area contributed by atoms with E-state index in [1.807, 2.05) is 5.57 Å². The Morgan fingerprint density at radius 1 is 1.29 bits per heavy atom. The van der Waals surface area contributed by atoms with E-state index in [2.05, 4.69) is 13.8 Å². The van der Waals surface area contributed by atoms with Crippen LogP contribution in [-0.4, -0.2) is 0 Å². The fourth-order valence-electron chi connectivity index (χ4n) is 5.43. The minimum absolute atomic E-state index is 0.741. The molecule has 1 spiro atoms. The molecule has 0 saturated heterocycles. The van der Waals surface area contributed by atoms with E-state index in [0.29, 0.717) is 0 Å². The summed E-state index contributed by atoms with van der Waals surface area (Å²) in [4.78, 5) is 0. The maximum atomic E-state index is 2.62. The summed E-state index contributed by atoms with van der Waals surface area (Å²) in [6.07, 6.45) is 9.09. The van der Waals surface area contributed by atoms with Crippen LogP contribution in [0.2, 0.25) is 0 Å². The van der Waals surface area contributed by atoms with Gasteiger partial charge in [-0.05, 0) is 68.1 Å². The maximum absolute atomic E-state index is 2.62. The maximum Gasteiger partial charge on any atom is -0.0138 e. The van der Waals surface area contributed by atoms with Crippen LogP contribution in [0.25, 0.3) is 0 Å². The summed E-state index contributed by atoms with van der Waals surface area (Å²) in [5, 5.41) is 0. The molecule has 0 aromatic carbocycles. The topological polar surface area (TPSA) is 0 Å². The first-order valence-corrected chi connectivity index (χ1v) is 6.36. The fourth-order valence-corrected chi connectivity index (χ4v) is 5.43. The summed E-state index contributed by atoms with van der Waals surface area (Å²) in [7, 11) is 0. The van der Waals surface area contributed by atoms with Crippen molar-refractivity contribution < 1.29 is 0 Å². The monoisotopic (exact) mass is 188 g/mol. The van der Waals surface area contributed by atoms with Crippen molar-refractivity contribution in [3.05, 3.63) is 11.1 Å².